The summed E-state index contributed by atoms with van der Waals surface area (Å²) < 4.78 is 65.9. The van der Waals surface area contributed by atoms with E-state index in [-0.39, 0.29) is 9.79 Å². The highest BCUT2D eigenvalue weighted by molar-refractivity contribution is 7.92. The largest absolute Gasteiger partial charge is 0.277 e. The van der Waals surface area contributed by atoms with Gasteiger partial charge < -0.3 is 0 Å². The van der Waals surface area contributed by atoms with Crippen LogP contribution in [-0.4, -0.2) is 23.9 Å². The predicted octanol–water partition coefficient (Wildman–Crippen LogP) is 1.84. The van der Waals surface area contributed by atoms with Crippen LogP contribution < -0.4 is 9.44 Å². The number of benzene rings is 2. The number of rotatable bonds is 5. The van der Waals surface area contributed by atoms with Crippen molar-refractivity contribution < 1.29 is 21.2 Å². The molecule has 0 aromatic heterocycles. The van der Waals surface area contributed by atoms with Crippen LogP contribution in [0.1, 0.15) is 5.56 Å². The summed E-state index contributed by atoms with van der Waals surface area (Å²) in [6, 6.07) is 8.82. The minimum atomic E-state index is -4.03. The van der Waals surface area contributed by atoms with Crippen molar-refractivity contribution in [2.45, 2.75) is 16.7 Å². The highest BCUT2D eigenvalue weighted by atomic mass is 32.2. The Bertz CT molecular complexity index is 924. The zero-order valence-corrected chi connectivity index (χ0v) is 14.0. The number of hydrogen-bond acceptors (Lipinski definition) is 4. The van der Waals surface area contributed by atoms with Gasteiger partial charge in [-0.25, -0.2) is 25.9 Å². The van der Waals surface area contributed by atoms with Crippen molar-refractivity contribution in [1.82, 2.24) is 4.72 Å². The van der Waals surface area contributed by atoms with Crippen LogP contribution in [-0.2, 0) is 20.0 Å². The van der Waals surface area contributed by atoms with Gasteiger partial charge >= 0.3 is 0 Å². The number of sulfonamides is 2. The van der Waals surface area contributed by atoms with E-state index >= 15 is 0 Å². The van der Waals surface area contributed by atoms with E-state index in [1.165, 1.54) is 19.2 Å². The van der Waals surface area contributed by atoms with Crippen molar-refractivity contribution >= 4 is 25.7 Å². The van der Waals surface area contributed by atoms with Gasteiger partial charge in [-0.3, -0.25) is 4.72 Å². The first-order valence-electron chi connectivity index (χ1n) is 6.48. The fourth-order valence-corrected chi connectivity index (χ4v) is 3.60. The van der Waals surface area contributed by atoms with Gasteiger partial charge in [0.25, 0.3) is 10.0 Å². The van der Waals surface area contributed by atoms with Gasteiger partial charge in [0.1, 0.15) is 5.82 Å². The molecule has 2 N–H and O–H groups in total. The molecule has 0 aliphatic rings. The molecule has 0 fully saturated rings. The Kier molecular flexibility index (Phi) is 4.73. The molecule has 9 heteroatoms. The van der Waals surface area contributed by atoms with Crippen molar-refractivity contribution in [3.8, 4) is 0 Å². The number of anilines is 1. The lowest BCUT2D eigenvalue weighted by Gasteiger charge is -2.11. The van der Waals surface area contributed by atoms with Gasteiger partial charge in [-0.1, -0.05) is 17.7 Å². The normalized spacial score (nSPS) is 12.1. The summed E-state index contributed by atoms with van der Waals surface area (Å²) >= 11 is 0. The van der Waals surface area contributed by atoms with E-state index in [0.29, 0.717) is 0 Å². The molecule has 0 amide bonds. The Morgan fingerprint density at radius 3 is 2.00 bits per heavy atom. The molecule has 2 aromatic rings. The first-order chi connectivity index (χ1) is 10.7. The molecule has 0 unspecified atom stereocenters. The molecular weight excluding hydrogens is 343 g/mol. The summed E-state index contributed by atoms with van der Waals surface area (Å²) in [5.74, 6) is -0.879. The molecule has 23 heavy (non-hydrogen) atoms. The smallest absolute Gasteiger partial charge is 0.261 e. The van der Waals surface area contributed by atoms with Crippen LogP contribution in [0.3, 0.4) is 0 Å². The molecule has 6 nitrogen and oxygen atoms in total. The van der Waals surface area contributed by atoms with Crippen LogP contribution in [0.4, 0.5) is 10.1 Å². The molecule has 0 radical (unpaired) electrons. The SMILES string of the molecule is CNS(=O)(=O)c1ccc(F)c(NS(=O)(=O)c2ccc(C)cc2)c1. The second-order valence-corrected chi connectivity index (χ2v) is 8.34. The average Bonchev–Trinajstić information content (AvgIpc) is 2.49. The van der Waals surface area contributed by atoms with Crippen LogP contribution in [0.2, 0.25) is 0 Å². The van der Waals surface area contributed by atoms with Crippen molar-refractivity contribution in [3.63, 3.8) is 0 Å². The van der Waals surface area contributed by atoms with E-state index in [2.05, 4.69) is 9.44 Å². The third kappa shape index (κ3) is 3.87. The Morgan fingerprint density at radius 2 is 1.43 bits per heavy atom. The number of nitrogens with one attached hydrogen (secondary N) is 2. The number of halogens is 1. The van der Waals surface area contributed by atoms with E-state index in [9.17, 15) is 21.2 Å². The first kappa shape index (κ1) is 17.4. The molecule has 2 rings (SSSR count). The zero-order valence-electron chi connectivity index (χ0n) is 12.4. The van der Waals surface area contributed by atoms with Crippen molar-refractivity contribution in [1.29, 1.82) is 0 Å². The molecular formula is C14H15FN2O4S2. The van der Waals surface area contributed by atoms with Gasteiger partial charge in [-0.2, -0.15) is 0 Å². The second kappa shape index (κ2) is 6.26. The van der Waals surface area contributed by atoms with E-state index in [1.54, 1.807) is 19.1 Å². The quantitative estimate of drug-likeness (QED) is 0.853. The van der Waals surface area contributed by atoms with Gasteiger partial charge in [-0.15, -0.1) is 0 Å². The van der Waals surface area contributed by atoms with Gasteiger partial charge in [-0.05, 0) is 44.3 Å². The summed E-state index contributed by atoms with van der Waals surface area (Å²) in [4.78, 5) is -0.299. The van der Waals surface area contributed by atoms with Crippen LogP contribution in [0.15, 0.2) is 52.3 Å². The molecule has 0 atom stereocenters. The van der Waals surface area contributed by atoms with E-state index in [0.717, 1.165) is 23.8 Å². The molecule has 0 saturated heterocycles. The average molecular weight is 358 g/mol. The third-order valence-corrected chi connectivity index (χ3v) is 5.89. The highest BCUT2D eigenvalue weighted by Gasteiger charge is 2.19. The zero-order chi connectivity index (χ0) is 17.3. The fraction of sp³-hybridized carbons (Fsp3) is 0.143. The predicted molar refractivity (Wildman–Crippen MR) is 84.6 cm³/mol. The standard InChI is InChI=1S/C14H15FN2O4S2/c1-10-3-5-11(6-4-10)23(20,21)17-14-9-12(7-8-13(14)15)22(18,19)16-2/h3-9,16-17H,1-2H3. The van der Waals surface area contributed by atoms with E-state index in [4.69, 9.17) is 0 Å². The molecule has 124 valence electrons. The first-order valence-corrected chi connectivity index (χ1v) is 9.45. The maximum atomic E-state index is 13.8. The lowest BCUT2D eigenvalue weighted by Crippen LogP contribution is -2.19. The van der Waals surface area contributed by atoms with Gasteiger partial charge in [0.2, 0.25) is 10.0 Å². The summed E-state index contributed by atoms with van der Waals surface area (Å²) in [5.41, 5.74) is 0.430. The van der Waals surface area contributed by atoms with Gasteiger partial charge in [0.15, 0.2) is 0 Å². The molecule has 2 aromatic carbocycles. The summed E-state index contributed by atoms with van der Waals surface area (Å²) in [5, 5.41) is 0. The summed E-state index contributed by atoms with van der Waals surface area (Å²) in [7, 11) is -6.64. The van der Waals surface area contributed by atoms with Crippen LogP contribution in [0.5, 0.6) is 0 Å². The summed E-state index contributed by atoms with van der Waals surface area (Å²) in [6.07, 6.45) is 0. The number of hydrogen-bond donors (Lipinski definition) is 2. The highest BCUT2D eigenvalue weighted by Crippen LogP contribution is 2.23. The topological polar surface area (TPSA) is 92.3 Å². The van der Waals surface area contributed by atoms with Crippen LogP contribution in [0, 0.1) is 12.7 Å². The van der Waals surface area contributed by atoms with E-state index in [1.807, 2.05) is 0 Å². The van der Waals surface area contributed by atoms with Crippen LogP contribution >= 0.6 is 0 Å². The lowest BCUT2D eigenvalue weighted by molar-refractivity contribution is 0.586. The molecule has 0 saturated carbocycles. The lowest BCUT2D eigenvalue weighted by atomic mass is 10.2. The Balaban J connectivity index is 2.43. The van der Waals surface area contributed by atoms with Gasteiger partial charge in [0.05, 0.1) is 15.5 Å². The fourth-order valence-electron chi connectivity index (χ4n) is 1.79. The molecule has 0 aliphatic heterocycles. The maximum Gasteiger partial charge on any atom is 0.261 e. The Hall–Kier alpha value is -1.97. The van der Waals surface area contributed by atoms with Gasteiger partial charge in [0, 0.05) is 0 Å². The maximum absolute atomic E-state index is 13.8. The molecule has 0 heterocycles. The minimum absolute atomic E-state index is 0.0515. The molecule has 0 bridgehead atoms. The number of aryl methyl sites for hydroxylation is 1. The van der Waals surface area contributed by atoms with Crippen molar-refractivity contribution in [3.05, 3.63) is 53.8 Å². The van der Waals surface area contributed by atoms with Crippen LogP contribution in [0.25, 0.3) is 0 Å². The minimum Gasteiger partial charge on any atom is -0.277 e. The molecule has 0 spiro atoms. The third-order valence-electron chi connectivity index (χ3n) is 3.09. The second-order valence-electron chi connectivity index (χ2n) is 4.77. The van der Waals surface area contributed by atoms with Crippen molar-refractivity contribution in [2.75, 3.05) is 11.8 Å². The monoisotopic (exact) mass is 358 g/mol. The summed E-state index contributed by atoms with van der Waals surface area (Å²) in [6.45, 7) is 1.80. The van der Waals surface area contributed by atoms with E-state index < -0.39 is 31.6 Å². The Morgan fingerprint density at radius 1 is 0.870 bits per heavy atom. The Labute approximate surface area is 134 Å². The van der Waals surface area contributed by atoms with Crippen molar-refractivity contribution in [2.24, 2.45) is 0 Å². The molecule has 0 aliphatic carbocycles.